The van der Waals surface area contributed by atoms with Gasteiger partial charge in [-0.2, -0.15) is 0 Å². The topological polar surface area (TPSA) is 72.2 Å². The molecule has 19 heavy (non-hydrogen) atoms. The molecule has 0 spiro atoms. The first-order chi connectivity index (χ1) is 8.93. The molecule has 0 saturated heterocycles. The van der Waals surface area contributed by atoms with Crippen molar-refractivity contribution in [1.29, 1.82) is 0 Å². The molecule has 3 unspecified atom stereocenters. The van der Waals surface area contributed by atoms with Gasteiger partial charge in [0.1, 0.15) is 0 Å². The van der Waals surface area contributed by atoms with E-state index in [2.05, 4.69) is 21.2 Å². The van der Waals surface area contributed by atoms with Crippen molar-refractivity contribution in [2.24, 2.45) is 17.0 Å². The van der Waals surface area contributed by atoms with Crippen LogP contribution in [0.15, 0.2) is 27.6 Å². The maximum atomic E-state index is 11.3. The standard InChI is InChI=1S/C13H17BrN2O2S/c14-11-7-10(19(15,17)18)3-4-12(11)16-13-6-8-1-2-9(13)5-8/h3-4,7-9,13,16H,1-2,5-6H2,(H2,15,17,18). The van der Waals surface area contributed by atoms with Gasteiger partial charge < -0.3 is 5.32 Å². The maximum absolute atomic E-state index is 11.3. The number of hydrogen-bond acceptors (Lipinski definition) is 3. The SMILES string of the molecule is NS(=O)(=O)c1ccc(NC2CC3CCC2C3)c(Br)c1. The summed E-state index contributed by atoms with van der Waals surface area (Å²) in [6.45, 7) is 0. The van der Waals surface area contributed by atoms with E-state index >= 15 is 0 Å². The Bertz CT molecular complexity index is 603. The lowest BCUT2D eigenvalue weighted by Gasteiger charge is -2.24. The monoisotopic (exact) mass is 344 g/mol. The Hall–Kier alpha value is -0.590. The highest BCUT2D eigenvalue weighted by Gasteiger charge is 2.39. The summed E-state index contributed by atoms with van der Waals surface area (Å²) in [5, 5.41) is 8.66. The van der Waals surface area contributed by atoms with E-state index in [0.29, 0.717) is 6.04 Å². The van der Waals surface area contributed by atoms with E-state index in [1.807, 2.05) is 0 Å². The van der Waals surface area contributed by atoms with Crippen LogP contribution in [0.25, 0.3) is 0 Å². The number of fused-ring (bicyclic) bond motifs is 2. The van der Waals surface area contributed by atoms with Gasteiger partial charge in [0.25, 0.3) is 0 Å². The highest BCUT2D eigenvalue weighted by atomic mass is 79.9. The highest BCUT2D eigenvalue weighted by Crippen LogP contribution is 2.46. The fourth-order valence-electron chi connectivity index (χ4n) is 3.41. The van der Waals surface area contributed by atoms with Crippen LogP contribution in [0.2, 0.25) is 0 Å². The normalized spacial score (nSPS) is 29.7. The molecule has 2 fully saturated rings. The van der Waals surface area contributed by atoms with Gasteiger partial charge in [-0.3, -0.25) is 0 Å². The number of anilines is 1. The average molecular weight is 345 g/mol. The Kier molecular flexibility index (Phi) is 3.35. The maximum Gasteiger partial charge on any atom is 0.238 e. The quantitative estimate of drug-likeness (QED) is 0.885. The van der Waals surface area contributed by atoms with Crippen molar-refractivity contribution in [2.45, 2.75) is 36.6 Å². The number of hydrogen-bond donors (Lipinski definition) is 2. The van der Waals surface area contributed by atoms with E-state index in [-0.39, 0.29) is 4.90 Å². The fraction of sp³-hybridized carbons (Fsp3) is 0.538. The second-order valence-corrected chi connectivity index (χ2v) is 8.03. The molecule has 0 aromatic heterocycles. The van der Waals surface area contributed by atoms with E-state index in [0.717, 1.165) is 22.0 Å². The number of sulfonamides is 1. The Morgan fingerprint density at radius 1 is 1.26 bits per heavy atom. The fourth-order valence-corrected chi connectivity index (χ4v) is 4.60. The first-order valence-corrected chi connectivity index (χ1v) is 8.86. The largest absolute Gasteiger partial charge is 0.381 e. The van der Waals surface area contributed by atoms with Crippen LogP contribution >= 0.6 is 15.9 Å². The molecule has 0 radical (unpaired) electrons. The van der Waals surface area contributed by atoms with Crippen LogP contribution in [-0.4, -0.2) is 14.5 Å². The van der Waals surface area contributed by atoms with Crippen molar-refractivity contribution >= 4 is 31.6 Å². The first-order valence-electron chi connectivity index (χ1n) is 6.52. The van der Waals surface area contributed by atoms with Crippen LogP contribution in [0.4, 0.5) is 5.69 Å². The predicted molar refractivity (Wildman–Crippen MR) is 78.4 cm³/mol. The predicted octanol–water partition coefficient (Wildman–Crippen LogP) is 2.70. The summed E-state index contributed by atoms with van der Waals surface area (Å²) >= 11 is 3.42. The second-order valence-electron chi connectivity index (χ2n) is 5.61. The summed E-state index contributed by atoms with van der Waals surface area (Å²) in [5.41, 5.74) is 0.949. The lowest BCUT2D eigenvalue weighted by molar-refractivity contribution is 0.439. The molecule has 6 heteroatoms. The number of benzene rings is 1. The van der Waals surface area contributed by atoms with Gasteiger partial charge in [-0.15, -0.1) is 0 Å². The number of halogens is 1. The molecule has 0 heterocycles. The summed E-state index contributed by atoms with van der Waals surface area (Å²) < 4.78 is 23.3. The zero-order valence-electron chi connectivity index (χ0n) is 10.5. The van der Waals surface area contributed by atoms with Gasteiger partial charge in [-0.1, -0.05) is 6.42 Å². The van der Waals surface area contributed by atoms with Crippen LogP contribution in [0, 0.1) is 11.8 Å². The molecule has 2 aliphatic rings. The Morgan fingerprint density at radius 2 is 2.05 bits per heavy atom. The molecule has 2 aliphatic carbocycles. The Labute approximate surface area is 121 Å². The van der Waals surface area contributed by atoms with E-state index in [1.54, 1.807) is 18.2 Å². The Balaban J connectivity index is 1.79. The lowest BCUT2D eigenvalue weighted by atomic mass is 9.95. The van der Waals surface area contributed by atoms with Crippen molar-refractivity contribution in [3.63, 3.8) is 0 Å². The summed E-state index contributed by atoms with van der Waals surface area (Å²) in [6, 6.07) is 5.42. The van der Waals surface area contributed by atoms with Crippen molar-refractivity contribution < 1.29 is 8.42 Å². The molecule has 4 nitrogen and oxygen atoms in total. The summed E-state index contributed by atoms with van der Waals surface area (Å²) in [6.07, 6.45) is 5.25. The van der Waals surface area contributed by atoms with Gasteiger partial charge in [0.15, 0.2) is 0 Å². The van der Waals surface area contributed by atoms with Gasteiger partial charge in [-0.05, 0) is 65.2 Å². The molecule has 0 aliphatic heterocycles. The first kappa shape index (κ1) is 13.4. The van der Waals surface area contributed by atoms with Crippen molar-refractivity contribution in [1.82, 2.24) is 0 Å². The lowest BCUT2D eigenvalue weighted by Crippen LogP contribution is -2.26. The number of nitrogens with two attached hydrogens (primary N) is 1. The third-order valence-corrected chi connectivity index (χ3v) is 5.92. The summed E-state index contributed by atoms with van der Waals surface area (Å²) in [5.74, 6) is 1.65. The smallest absolute Gasteiger partial charge is 0.238 e. The van der Waals surface area contributed by atoms with Crippen LogP contribution in [0.1, 0.15) is 25.7 Å². The molecule has 2 bridgehead atoms. The number of rotatable bonds is 3. The molecule has 3 atom stereocenters. The molecule has 104 valence electrons. The minimum atomic E-state index is -3.64. The van der Waals surface area contributed by atoms with Crippen LogP contribution < -0.4 is 10.5 Å². The molecular formula is C13H17BrN2O2S. The highest BCUT2D eigenvalue weighted by molar-refractivity contribution is 9.10. The minimum Gasteiger partial charge on any atom is -0.381 e. The van der Waals surface area contributed by atoms with Crippen LogP contribution in [-0.2, 0) is 10.0 Å². The molecule has 1 aromatic carbocycles. The molecular weight excluding hydrogens is 328 g/mol. The zero-order chi connectivity index (χ0) is 13.6. The zero-order valence-corrected chi connectivity index (χ0v) is 12.9. The minimum absolute atomic E-state index is 0.137. The van der Waals surface area contributed by atoms with Crippen molar-refractivity contribution in [3.05, 3.63) is 22.7 Å². The molecule has 1 aromatic rings. The van der Waals surface area contributed by atoms with E-state index in [9.17, 15) is 8.42 Å². The molecule has 3 rings (SSSR count). The van der Waals surface area contributed by atoms with E-state index in [4.69, 9.17) is 5.14 Å². The molecule has 2 saturated carbocycles. The van der Waals surface area contributed by atoms with Gasteiger partial charge in [0.2, 0.25) is 10.0 Å². The van der Waals surface area contributed by atoms with E-state index < -0.39 is 10.0 Å². The van der Waals surface area contributed by atoms with Gasteiger partial charge in [-0.25, -0.2) is 13.6 Å². The Morgan fingerprint density at radius 3 is 2.58 bits per heavy atom. The third kappa shape index (κ3) is 2.66. The molecule has 3 N–H and O–H groups in total. The second kappa shape index (κ2) is 4.75. The third-order valence-electron chi connectivity index (χ3n) is 4.35. The summed E-state index contributed by atoms with van der Waals surface area (Å²) in [4.78, 5) is 0.137. The number of primary sulfonamides is 1. The average Bonchev–Trinajstić information content (AvgIpc) is 2.92. The van der Waals surface area contributed by atoms with Gasteiger partial charge in [0.05, 0.1) is 4.90 Å². The van der Waals surface area contributed by atoms with Crippen molar-refractivity contribution in [3.8, 4) is 0 Å². The van der Waals surface area contributed by atoms with Gasteiger partial charge >= 0.3 is 0 Å². The summed E-state index contributed by atoms with van der Waals surface area (Å²) in [7, 11) is -3.64. The van der Waals surface area contributed by atoms with Crippen LogP contribution in [0.5, 0.6) is 0 Å². The number of nitrogens with one attached hydrogen (secondary N) is 1. The van der Waals surface area contributed by atoms with Gasteiger partial charge in [0, 0.05) is 16.2 Å². The van der Waals surface area contributed by atoms with E-state index in [1.165, 1.54) is 25.7 Å². The molecule has 0 amide bonds. The van der Waals surface area contributed by atoms with Crippen molar-refractivity contribution in [2.75, 3.05) is 5.32 Å². The van der Waals surface area contributed by atoms with Crippen LogP contribution in [0.3, 0.4) is 0 Å².